The Morgan fingerprint density at radius 2 is 2.14 bits per heavy atom. The Morgan fingerprint density at radius 1 is 1.32 bits per heavy atom. The predicted molar refractivity (Wildman–Crippen MR) is 85.7 cm³/mol. The third kappa shape index (κ3) is 2.45. The predicted octanol–water partition coefficient (Wildman–Crippen LogP) is 2.63. The number of hydrogen-bond acceptors (Lipinski definition) is 3. The van der Waals surface area contributed by atoms with Crippen molar-refractivity contribution in [3.63, 3.8) is 0 Å². The number of carbonyl (C=O) groups excluding carboxylic acids is 1. The molecule has 5 heteroatoms. The van der Waals surface area contributed by atoms with E-state index in [0.29, 0.717) is 18.0 Å². The molecular formula is C17H26N4O. The summed E-state index contributed by atoms with van der Waals surface area (Å²) in [4.78, 5) is 12.7. The monoisotopic (exact) mass is 302 g/mol. The number of hydrogen-bond donors (Lipinski definition) is 2. The normalized spacial score (nSPS) is 31.6. The Kier molecular flexibility index (Phi) is 3.68. The van der Waals surface area contributed by atoms with E-state index in [9.17, 15) is 4.79 Å². The van der Waals surface area contributed by atoms with Gasteiger partial charge in [0, 0.05) is 6.04 Å². The summed E-state index contributed by atoms with van der Waals surface area (Å²) >= 11 is 0. The molecule has 5 rings (SSSR count). The third-order valence-electron chi connectivity index (χ3n) is 5.94. The molecule has 2 aliphatic heterocycles. The number of nitrogens with one attached hydrogen (secondary N) is 2. The molecule has 2 aliphatic carbocycles. The summed E-state index contributed by atoms with van der Waals surface area (Å²) < 4.78 is 2.12. The van der Waals surface area contributed by atoms with Crippen LogP contribution in [0.15, 0.2) is 6.20 Å². The molecule has 3 heterocycles. The lowest BCUT2D eigenvalue weighted by atomic mass is 9.73. The standard InChI is InChI=1S/C17H26N4O/c1-11-16(10-19-21(11)13-4-2-3-5-13)20-17(22)14-8-12-6-7-15(14)18-9-12/h10,12-15,18H,2-9H2,1H3,(H,20,22). The van der Waals surface area contributed by atoms with Crippen molar-refractivity contribution in [3.05, 3.63) is 11.9 Å². The SMILES string of the molecule is Cc1c(NC(=O)C2CC3CCC2NC3)cnn1C1CCCC1. The Bertz CT molecular complexity index is 553. The maximum atomic E-state index is 12.7. The summed E-state index contributed by atoms with van der Waals surface area (Å²) in [6.07, 6.45) is 10.3. The van der Waals surface area contributed by atoms with E-state index in [2.05, 4.69) is 27.3 Å². The molecule has 0 radical (unpaired) electrons. The Labute approximate surface area is 131 Å². The molecule has 120 valence electrons. The lowest BCUT2D eigenvalue weighted by Gasteiger charge is -2.42. The van der Waals surface area contributed by atoms with E-state index in [1.54, 1.807) is 0 Å². The molecule has 0 aromatic carbocycles. The number of anilines is 1. The highest BCUT2D eigenvalue weighted by molar-refractivity contribution is 5.93. The molecule has 5 nitrogen and oxygen atoms in total. The molecule has 3 unspecified atom stereocenters. The average Bonchev–Trinajstić information content (AvgIpc) is 3.19. The molecule has 1 aromatic heterocycles. The number of rotatable bonds is 3. The molecule has 2 bridgehead atoms. The fourth-order valence-corrected chi connectivity index (χ4v) is 4.58. The minimum atomic E-state index is 0.127. The summed E-state index contributed by atoms with van der Waals surface area (Å²) in [5.74, 6) is 0.987. The van der Waals surface area contributed by atoms with Crippen LogP contribution in [0.3, 0.4) is 0 Å². The fraction of sp³-hybridized carbons (Fsp3) is 0.765. The molecule has 3 atom stereocenters. The van der Waals surface area contributed by atoms with Crippen LogP contribution in [0.1, 0.15) is 56.7 Å². The van der Waals surface area contributed by atoms with Crippen molar-refractivity contribution in [2.75, 3.05) is 11.9 Å². The number of piperidine rings is 2. The molecule has 2 N–H and O–H groups in total. The van der Waals surface area contributed by atoms with Gasteiger partial charge >= 0.3 is 0 Å². The maximum Gasteiger partial charge on any atom is 0.229 e. The van der Waals surface area contributed by atoms with Gasteiger partial charge in [0.2, 0.25) is 5.91 Å². The van der Waals surface area contributed by atoms with Gasteiger partial charge in [0.1, 0.15) is 0 Å². The molecule has 22 heavy (non-hydrogen) atoms. The van der Waals surface area contributed by atoms with Gasteiger partial charge in [0.25, 0.3) is 0 Å². The zero-order valence-electron chi connectivity index (χ0n) is 13.3. The van der Waals surface area contributed by atoms with Crippen molar-refractivity contribution in [1.82, 2.24) is 15.1 Å². The van der Waals surface area contributed by atoms with E-state index in [1.807, 2.05) is 6.20 Å². The van der Waals surface area contributed by atoms with Crippen LogP contribution in [-0.4, -0.2) is 28.3 Å². The Hall–Kier alpha value is -1.36. The molecule has 2 saturated heterocycles. The zero-order valence-corrected chi connectivity index (χ0v) is 13.3. The van der Waals surface area contributed by atoms with Gasteiger partial charge < -0.3 is 10.6 Å². The van der Waals surface area contributed by atoms with Gasteiger partial charge in [-0.15, -0.1) is 0 Å². The van der Waals surface area contributed by atoms with Crippen LogP contribution in [-0.2, 0) is 4.79 Å². The van der Waals surface area contributed by atoms with Gasteiger partial charge in [-0.3, -0.25) is 9.48 Å². The third-order valence-corrected chi connectivity index (χ3v) is 5.94. The topological polar surface area (TPSA) is 59.0 Å². The Morgan fingerprint density at radius 3 is 2.77 bits per heavy atom. The van der Waals surface area contributed by atoms with Gasteiger partial charge in [0.15, 0.2) is 0 Å². The van der Waals surface area contributed by atoms with E-state index in [-0.39, 0.29) is 11.8 Å². The van der Waals surface area contributed by atoms with Crippen LogP contribution in [0.5, 0.6) is 0 Å². The van der Waals surface area contributed by atoms with Gasteiger partial charge in [-0.2, -0.15) is 5.10 Å². The van der Waals surface area contributed by atoms with E-state index >= 15 is 0 Å². The highest BCUT2D eigenvalue weighted by Crippen LogP contribution is 2.35. The maximum absolute atomic E-state index is 12.7. The lowest BCUT2D eigenvalue weighted by Crippen LogP contribution is -2.53. The highest BCUT2D eigenvalue weighted by atomic mass is 16.2. The minimum Gasteiger partial charge on any atom is -0.323 e. The van der Waals surface area contributed by atoms with Gasteiger partial charge in [-0.25, -0.2) is 0 Å². The number of aromatic nitrogens is 2. The van der Waals surface area contributed by atoms with Gasteiger partial charge in [-0.05, 0) is 51.5 Å². The largest absolute Gasteiger partial charge is 0.323 e. The molecule has 0 spiro atoms. The van der Waals surface area contributed by atoms with Gasteiger partial charge in [0.05, 0.1) is 29.5 Å². The van der Waals surface area contributed by atoms with Gasteiger partial charge in [-0.1, -0.05) is 12.8 Å². The second-order valence-electron chi connectivity index (χ2n) is 7.32. The second-order valence-corrected chi connectivity index (χ2v) is 7.32. The van der Waals surface area contributed by atoms with Crippen molar-refractivity contribution in [1.29, 1.82) is 0 Å². The van der Waals surface area contributed by atoms with Crippen LogP contribution in [0, 0.1) is 18.8 Å². The van der Waals surface area contributed by atoms with E-state index in [1.165, 1.54) is 32.1 Å². The molecule has 1 aromatic rings. The summed E-state index contributed by atoms with van der Waals surface area (Å²) in [6, 6.07) is 0.896. The first-order valence-electron chi connectivity index (χ1n) is 8.80. The first-order valence-corrected chi connectivity index (χ1v) is 8.80. The molecule has 4 aliphatic rings. The fourth-order valence-electron chi connectivity index (χ4n) is 4.58. The van der Waals surface area contributed by atoms with Crippen LogP contribution in [0.4, 0.5) is 5.69 Å². The smallest absolute Gasteiger partial charge is 0.229 e. The van der Waals surface area contributed by atoms with Crippen molar-refractivity contribution in [2.45, 2.75) is 64.0 Å². The van der Waals surface area contributed by atoms with E-state index in [0.717, 1.165) is 30.8 Å². The summed E-state index contributed by atoms with van der Waals surface area (Å²) in [5.41, 5.74) is 2.01. The average molecular weight is 302 g/mol. The minimum absolute atomic E-state index is 0.127. The van der Waals surface area contributed by atoms with E-state index in [4.69, 9.17) is 0 Å². The Balaban J connectivity index is 1.46. The van der Waals surface area contributed by atoms with Crippen molar-refractivity contribution < 1.29 is 4.79 Å². The van der Waals surface area contributed by atoms with E-state index < -0.39 is 0 Å². The highest BCUT2D eigenvalue weighted by Gasteiger charge is 2.39. The molecule has 2 saturated carbocycles. The van der Waals surface area contributed by atoms with Crippen molar-refractivity contribution >= 4 is 11.6 Å². The van der Waals surface area contributed by atoms with Crippen LogP contribution < -0.4 is 10.6 Å². The molecule has 4 fully saturated rings. The molecular weight excluding hydrogens is 276 g/mol. The van der Waals surface area contributed by atoms with Crippen LogP contribution in [0.2, 0.25) is 0 Å². The quantitative estimate of drug-likeness (QED) is 0.902. The number of amides is 1. The van der Waals surface area contributed by atoms with Crippen LogP contribution >= 0.6 is 0 Å². The second kappa shape index (κ2) is 5.69. The summed E-state index contributed by atoms with van der Waals surface area (Å²) in [6.45, 7) is 3.17. The first kappa shape index (κ1) is 14.2. The van der Waals surface area contributed by atoms with Crippen LogP contribution in [0.25, 0.3) is 0 Å². The van der Waals surface area contributed by atoms with Crippen molar-refractivity contribution in [2.24, 2.45) is 11.8 Å². The summed E-state index contributed by atoms with van der Waals surface area (Å²) in [5, 5.41) is 11.2. The van der Waals surface area contributed by atoms with Crippen molar-refractivity contribution in [3.8, 4) is 0 Å². The summed E-state index contributed by atoms with van der Waals surface area (Å²) in [7, 11) is 0. The first-order chi connectivity index (χ1) is 10.7. The number of fused-ring (bicyclic) bond motifs is 3. The lowest BCUT2D eigenvalue weighted by molar-refractivity contribution is -0.123. The number of nitrogens with zero attached hydrogens (tertiary/aromatic N) is 2. The molecule has 1 amide bonds. The zero-order chi connectivity index (χ0) is 15.1. The number of carbonyl (C=O) groups is 1.